The quantitative estimate of drug-likeness (QED) is 0.819. The van der Waals surface area contributed by atoms with E-state index in [0.717, 1.165) is 0 Å². The maximum atomic E-state index is 12.0. The lowest BCUT2D eigenvalue weighted by Gasteiger charge is -2.10. The molecule has 0 spiro atoms. The highest BCUT2D eigenvalue weighted by Gasteiger charge is 2.14. The molecule has 0 aromatic heterocycles. The monoisotopic (exact) mass is 329 g/mol. The second-order valence-corrected chi connectivity index (χ2v) is 4.93. The zero-order valence-electron chi connectivity index (χ0n) is 12.9. The van der Waals surface area contributed by atoms with Gasteiger partial charge < -0.3 is 24.3 Å². The molecule has 2 aromatic rings. The third-order valence-electron chi connectivity index (χ3n) is 3.36. The van der Waals surface area contributed by atoms with Crippen molar-refractivity contribution in [2.75, 3.05) is 25.8 Å². The summed E-state index contributed by atoms with van der Waals surface area (Å²) in [4.78, 5) is 23.1. The Morgan fingerprint density at radius 3 is 2.83 bits per heavy atom. The molecule has 1 N–H and O–H groups in total. The number of aldehydes is 1. The molecule has 124 valence electrons. The van der Waals surface area contributed by atoms with Gasteiger partial charge in [0.25, 0.3) is 5.91 Å². The zero-order valence-corrected chi connectivity index (χ0v) is 12.9. The van der Waals surface area contributed by atoms with Gasteiger partial charge in [-0.2, -0.15) is 0 Å². The van der Waals surface area contributed by atoms with Gasteiger partial charge in [-0.15, -0.1) is 0 Å². The molecule has 0 aliphatic carbocycles. The van der Waals surface area contributed by atoms with Crippen molar-refractivity contribution in [3.8, 4) is 23.0 Å². The van der Waals surface area contributed by atoms with Crippen molar-refractivity contribution < 1.29 is 28.5 Å². The lowest BCUT2D eigenvalue weighted by atomic mass is 10.2. The van der Waals surface area contributed by atoms with E-state index in [-0.39, 0.29) is 19.3 Å². The van der Waals surface area contributed by atoms with Gasteiger partial charge >= 0.3 is 0 Å². The van der Waals surface area contributed by atoms with Crippen molar-refractivity contribution in [3.63, 3.8) is 0 Å². The first kappa shape index (κ1) is 15.7. The van der Waals surface area contributed by atoms with Gasteiger partial charge in [0.05, 0.1) is 12.7 Å². The summed E-state index contributed by atoms with van der Waals surface area (Å²) in [6.45, 7) is -0.0661. The Morgan fingerprint density at radius 1 is 1.21 bits per heavy atom. The number of nitrogens with one attached hydrogen (secondary N) is 1. The van der Waals surface area contributed by atoms with E-state index in [9.17, 15) is 9.59 Å². The fourth-order valence-electron chi connectivity index (χ4n) is 2.19. The van der Waals surface area contributed by atoms with Crippen LogP contribution in [0.4, 0.5) is 5.69 Å². The molecule has 0 radical (unpaired) electrons. The Kier molecular flexibility index (Phi) is 4.51. The molecule has 7 nitrogen and oxygen atoms in total. The molecule has 1 aliphatic heterocycles. The number of anilines is 1. The van der Waals surface area contributed by atoms with E-state index in [1.165, 1.54) is 13.2 Å². The Morgan fingerprint density at radius 2 is 2.04 bits per heavy atom. The maximum Gasteiger partial charge on any atom is 0.262 e. The van der Waals surface area contributed by atoms with Crippen LogP contribution < -0.4 is 24.3 Å². The average molecular weight is 329 g/mol. The topological polar surface area (TPSA) is 83.1 Å². The largest absolute Gasteiger partial charge is 0.497 e. The molecule has 0 bridgehead atoms. The van der Waals surface area contributed by atoms with E-state index in [2.05, 4.69) is 5.32 Å². The van der Waals surface area contributed by atoms with Gasteiger partial charge in [0, 0.05) is 11.8 Å². The van der Waals surface area contributed by atoms with Crippen molar-refractivity contribution in [3.05, 3.63) is 42.0 Å². The van der Waals surface area contributed by atoms with Crippen molar-refractivity contribution in [1.29, 1.82) is 0 Å². The van der Waals surface area contributed by atoms with Crippen LogP contribution in [-0.2, 0) is 4.79 Å². The van der Waals surface area contributed by atoms with Gasteiger partial charge in [-0.3, -0.25) is 9.59 Å². The minimum atomic E-state index is -0.360. The number of methoxy groups -OCH3 is 1. The Balaban J connectivity index is 1.60. The lowest BCUT2D eigenvalue weighted by molar-refractivity contribution is -0.118. The molecule has 0 atom stereocenters. The van der Waals surface area contributed by atoms with Crippen LogP contribution >= 0.6 is 0 Å². The summed E-state index contributed by atoms with van der Waals surface area (Å²) in [5.41, 5.74) is 0.878. The van der Waals surface area contributed by atoms with Crippen molar-refractivity contribution >= 4 is 17.9 Å². The Hall–Kier alpha value is -3.22. The molecular weight excluding hydrogens is 314 g/mol. The third kappa shape index (κ3) is 3.40. The van der Waals surface area contributed by atoms with Crippen LogP contribution in [0.25, 0.3) is 0 Å². The molecule has 0 fully saturated rings. The van der Waals surface area contributed by atoms with Gasteiger partial charge in [0.1, 0.15) is 11.5 Å². The molecular formula is C17H15NO6. The average Bonchev–Trinajstić information content (AvgIpc) is 3.07. The first-order valence-electron chi connectivity index (χ1n) is 7.15. The van der Waals surface area contributed by atoms with E-state index in [4.69, 9.17) is 18.9 Å². The first-order valence-corrected chi connectivity index (χ1v) is 7.15. The van der Waals surface area contributed by atoms with Crippen LogP contribution in [0.2, 0.25) is 0 Å². The summed E-state index contributed by atoms with van der Waals surface area (Å²) < 4.78 is 20.9. The smallest absolute Gasteiger partial charge is 0.262 e. The van der Waals surface area contributed by atoms with Crippen LogP contribution in [-0.4, -0.2) is 32.7 Å². The molecule has 1 amide bonds. The summed E-state index contributed by atoms with van der Waals surface area (Å²) in [6, 6.07) is 9.86. The van der Waals surface area contributed by atoms with E-state index in [0.29, 0.717) is 40.5 Å². The van der Waals surface area contributed by atoms with E-state index < -0.39 is 0 Å². The van der Waals surface area contributed by atoms with Gasteiger partial charge in [-0.25, -0.2) is 0 Å². The molecule has 1 aliphatic rings. The molecule has 3 rings (SSSR count). The zero-order chi connectivity index (χ0) is 16.9. The van der Waals surface area contributed by atoms with E-state index >= 15 is 0 Å². The SMILES string of the molecule is COc1ccc(OCC(=O)Nc2ccc3c(c2)OCO3)c(C=O)c1. The van der Waals surface area contributed by atoms with Crippen LogP contribution in [0.5, 0.6) is 23.0 Å². The Bertz CT molecular complexity index is 774. The second kappa shape index (κ2) is 6.91. The minimum Gasteiger partial charge on any atom is -0.497 e. The number of carbonyl (C=O) groups is 2. The van der Waals surface area contributed by atoms with Gasteiger partial charge in [0.15, 0.2) is 24.4 Å². The number of fused-ring (bicyclic) bond motifs is 1. The molecule has 0 saturated carbocycles. The number of amides is 1. The molecule has 24 heavy (non-hydrogen) atoms. The minimum absolute atomic E-state index is 0.168. The predicted molar refractivity (Wildman–Crippen MR) is 85.1 cm³/mol. The number of ether oxygens (including phenoxy) is 4. The predicted octanol–water partition coefficient (Wildman–Crippen LogP) is 2.25. The number of carbonyl (C=O) groups excluding carboxylic acids is 2. The number of rotatable bonds is 6. The fraction of sp³-hybridized carbons (Fsp3) is 0.176. The molecule has 2 aromatic carbocycles. The normalized spacial score (nSPS) is 11.7. The standard InChI is InChI=1S/C17H15NO6/c1-21-13-3-5-14(11(6-13)8-19)22-9-17(20)18-12-2-4-15-16(7-12)24-10-23-15/h2-8H,9-10H2,1H3,(H,18,20). The number of benzene rings is 2. The van der Waals surface area contributed by atoms with Crippen molar-refractivity contribution in [1.82, 2.24) is 0 Å². The summed E-state index contributed by atoms with van der Waals surface area (Å²) in [7, 11) is 1.50. The van der Waals surface area contributed by atoms with Gasteiger partial charge in [-0.05, 0) is 30.3 Å². The van der Waals surface area contributed by atoms with E-state index in [1.807, 2.05) is 0 Å². The summed E-state index contributed by atoms with van der Waals surface area (Å²) in [5.74, 6) is 1.70. The van der Waals surface area contributed by atoms with Gasteiger partial charge in [0.2, 0.25) is 6.79 Å². The first-order chi connectivity index (χ1) is 11.7. The van der Waals surface area contributed by atoms with Crippen LogP contribution in [0.1, 0.15) is 10.4 Å². The molecule has 0 unspecified atom stereocenters. The summed E-state index contributed by atoms with van der Waals surface area (Å²) in [6.07, 6.45) is 0.646. The van der Waals surface area contributed by atoms with Crippen molar-refractivity contribution in [2.24, 2.45) is 0 Å². The number of hydrogen-bond donors (Lipinski definition) is 1. The fourth-order valence-corrected chi connectivity index (χ4v) is 2.19. The second-order valence-electron chi connectivity index (χ2n) is 4.93. The van der Waals surface area contributed by atoms with Crippen LogP contribution in [0.3, 0.4) is 0 Å². The summed E-state index contributed by atoms with van der Waals surface area (Å²) in [5, 5.41) is 2.69. The lowest BCUT2D eigenvalue weighted by Crippen LogP contribution is -2.20. The summed E-state index contributed by atoms with van der Waals surface area (Å²) >= 11 is 0. The maximum absolute atomic E-state index is 12.0. The van der Waals surface area contributed by atoms with Crippen molar-refractivity contribution in [2.45, 2.75) is 0 Å². The molecule has 1 heterocycles. The van der Waals surface area contributed by atoms with E-state index in [1.54, 1.807) is 30.3 Å². The Labute approximate surface area is 138 Å². The number of hydrogen-bond acceptors (Lipinski definition) is 6. The molecule has 0 saturated heterocycles. The highest BCUT2D eigenvalue weighted by Crippen LogP contribution is 2.34. The highest BCUT2D eigenvalue weighted by atomic mass is 16.7. The van der Waals surface area contributed by atoms with Crippen LogP contribution in [0.15, 0.2) is 36.4 Å². The highest BCUT2D eigenvalue weighted by molar-refractivity contribution is 5.92. The van der Waals surface area contributed by atoms with Gasteiger partial charge in [-0.1, -0.05) is 0 Å². The molecule has 7 heteroatoms. The third-order valence-corrected chi connectivity index (χ3v) is 3.36. The van der Waals surface area contributed by atoms with Crippen LogP contribution in [0, 0.1) is 0 Å².